The van der Waals surface area contributed by atoms with E-state index in [2.05, 4.69) is 34.3 Å². The maximum Gasteiger partial charge on any atom is 0.103 e. The number of rotatable bonds is 3. The molecule has 1 aliphatic heterocycles. The maximum atomic E-state index is 4.20. The number of imidazole rings is 1. The van der Waals surface area contributed by atoms with Crippen molar-refractivity contribution in [3.8, 4) is 0 Å². The molecule has 2 N–H and O–H groups in total. The highest BCUT2D eigenvalue weighted by Crippen LogP contribution is 2.20. The molecule has 1 aromatic rings. The summed E-state index contributed by atoms with van der Waals surface area (Å²) in [5, 5.41) is 2.39. The molecule has 0 aliphatic carbocycles. The lowest BCUT2D eigenvalue weighted by Crippen LogP contribution is -2.51. The highest BCUT2D eigenvalue weighted by Gasteiger charge is 2.24. The number of aryl methyl sites for hydroxylation is 1. The summed E-state index contributed by atoms with van der Waals surface area (Å²) < 4.78 is 0. The molecule has 0 spiro atoms. The second-order valence-electron chi connectivity index (χ2n) is 4.86. The molecular formula is C12H22N4. The first-order valence-electron chi connectivity index (χ1n) is 6.19. The van der Waals surface area contributed by atoms with E-state index in [1.165, 1.54) is 19.3 Å². The monoisotopic (exact) mass is 222 g/mol. The average Bonchev–Trinajstić information content (AvgIpc) is 2.63. The Hall–Kier alpha value is -0.870. The van der Waals surface area contributed by atoms with E-state index in [0.717, 1.165) is 18.1 Å². The second kappa shape index (κ2) is 4.97. The van der Waals surface area contributed by atoms with Crippen LogP contribution in [-0.4, -0.2) is 27.1 Å². The van der Waals surface area contributed by atoms with Gasteiger partial charge in [-0.15, -0.1) is 0 Å². The number of aromatic amines is 1. The van der Waals surface area contributed by atoms with Gasteiger partial charge in [0.15, 0.2) is 0 Å². The second-order valence-corrected chi connectivity index (χ2v) is 4.86. The Morgan fingerprint density at radius 2 is 2.12 bits per heavy atom. The molecule has 2 heterocycles. The Balaban J connectivity index is 1.88. The Bertz CT molecular complexity index is 324. The van der Waals surface area contributed by atoms with Gasteiger partial charge in [0.1, 0.15) is 5.82 Å². The number of nitrogens with one attached hydrogen (secondary N) is 2. The predicted octanol–water partition coefficient (Wildman–Crippen LogP) is 1.99. The van der Waals surface area contributed by atoms with E-state index >= 15 is 0 Å². The molecular weight excluding hydrogens is 200 g/mol. The van der Waals surface area contributed by atoms with Crippen LogP contribution in [-0.2, 0) is 6.54 Å². The first kappa shape index (κ1) is 11.6. The zero-order valence-corrected chi connectivity index (χ0v) is 10.5. The summed E-state index contributed by atoms with van der Waals surface area (Å²) in [4.78, 5) is 7.45. The number of aromatic nitrogens is 2. The molecule has 0 saturated carbocycles. The number of hydrazine groups is 1. The van der Waals surface area contributed by atoms with Gasteiger partial charge >= 0.3 is 0 Å². The zero-order valence-electron chi connectivity index (χ0n) is 10.5. The topological polar surface area (TPSA) is 44.0 Å². The fourth-order valence-corrected chi connectivity index (χ4v) is 2.47. The number of piperidine rings is 1. The molecule has 1 saturated heterocycles. The van der Waals surface area contributed by atoms with Crippen LogP contribution in [0.15, 0.2) is 6.20 Å². The van der Waals surface area contributed by atoms with Crippen LogP contribution >= 0.6 is 0 Å². The fourth-order valence-electron chi connectivity index (χ4n) is 2.47. The van der Waals surface area contributed by atoms with E-state index < -0.39 is 0 Å². The van der Waals surface area contributed by atoms with Crippen LogP contribution in [0, 0.1) is 6.92 Å². The highest BCUT2D eigenvalue weighted by atomic mass is 15.5. The van der Waals surface area contributed by atoms with Gasteiger partial charge in [0.25, 0.3) is 0 Å². The van der Waals surface area contributed by atoms with Crippen LogP contribution in [0.25, 0.3) is 0 Å². The molecule has 90 valence electrons. The van der Waals surface area contributed by atoms with Crippen molar-refractivity contribution in [2.75, 3.05) is 0 Å². The molecule has 0 radical (unpaired) electrons. The van der Waals surface area contributed by atoms with E-state index in [1.807, 2.05) is 13.1 Å². The van der Waals surface area contributed by atoms with Crippen LogP contribution in [0.1, 0.15) is 44.6 Å². The maximum absolute atomic E-state index is 4.20. The molecule has 2 rings (SSSR count). The van der Waals surface area contributed by atoms with Crippen LogP contribution in [0.5, 0.6) is 0 Å². The minimum Gasteiger partial charge on any atom is -0.345 e. The molecule has 1 aliphatic rings. The molecule has 4 heteroatoms. The molecule has 0 aromatic carbocycles. The van der Waals surface area contributed by atoms with Crippen molar-refractivity contribution in [3.05, 3.63) is 17.7 Å². The summed E-state index contributed by atoms with van der Waals surface area (Å²) in [7, 11) is 0. The van der Waals surface area contributed by atoms with Crippen molar-refractivity contribution in [1.82, 2.24) is 20.4 Å². The van der Waals surface area contributed by atoms with Gasteiger partial charge in [-0.2, -0.15) is 0 Å². The van der Waals surface area contributed by atoms with Gasteiger partial charge in [0.05, 0.1) is 12.2 Å². The van der Waals surface area contributed by atoms with Crippen LogP contribution < -0.4 is 5.43 Å². The first-order chi connectivity index (χ1) is 7.66. The van der Waals surface area contributed by atoms with Gasteiger partial charge in [-0.3, -0.25) is 0 Å². The van der Waals surface area contributed by atoms with Crippen LogP contribution in [0.3, 0.4) is 0 Å². The molecule has 2 atom stereocenters. The average molecular weight is 222 g/mol. The van der Waals surface area contributed by atoms with Gasteiger partial charge in [0.2, 0.25) is 0 Å². The van der Waals surface area contributed by atoms with Crippen molar-refractivity contribution in [1.29, 1.82) is 0 Å². The summed E-state index contributed by atoms with van der Waals surface area (Å²) in [5.74, 6) is 0.983. The number of hydrogen-bond acceptors (Lipinski definition) is 3. The summed E-state index contributed by atoms with van der Waals surface area (Å²) in [5.41, 5.74) is 4.67. The summed E-state index contributed by atoms with van der Waals surface area (Å²) in [6, 6.07) is 1.26. The fraction of sp³-hybridized carbons (Fsp3) is 0.750. The van der Waals surface area contributed by atoms with Crippen LogP contribution in [0.4, 0.5) is 0 Å². The third-order valence-corrected chi connectivity index (χ3v) is 3.40. The van der Waals surface area contributed by atoms with Gasteiger partial charge in [-0.05, 0) is 33.6 Å². The van der Waals surface area contributed by atoms with E-state index in [-0.39, 0.29) is 0 Å². The van der Waals surface area contributed by atoms with E-state index in [0.29, 0.717) is 12.1 Å². The summed E-state index contributed by atoms with van der Waals surface area (Å²) >= 11 is 0. The molecule has 2 unspecified atom stereocenters. The third kappa shape index (κ3) is 2.62. The number of H-pyrrole nitrogens is 1. The molecule has 1 aromatic heterocycles. The largest absolute Gasteiger partial charge is 0.345 e. The van der Waals surface area contributed by atoms with E-state index in [9.17, 15) is 0 Å². The van der Waals surface area contributed by atoms with Crippen molar-refractivity contribution in [3.63, 3.8) is 0 Å². The Labute approximate surface area is 97.4 Å². The minimum atomic E-state index is 0.632. The lowest BCUT2D eigenvalue weighted by Gasteiger charge is -2.39. The number of hydrogen-bond donors (Lipinski definition) is 2. The Morgan fingerprint density at radius 1 is 1.44 bits per heavy atom. The Kier molecular flexibility index (Phi) is 3.61. The standard InChI is InChI=1S/C12H22N4/c1-9-5-4-6-10(2)16(9)14-8-12-7-13-11(3)15-12/h7,9-10,14H,4-6,8H2,1-3H3,(H,13,15). The quantitative estimate of drug-likeness (QED) is 0.822. The van der Waals surface area contributed by atoms with Crippen molar-refractivity contribution in [2.45, 2.75) is 58.7 Å². The van der Waals surface area contributed by atoms with E-state index in [1.54, 1.807) is 0 Å². The van der Waals surface area contributed by atoms with Crippen molar-refractivity contribution < 1.29 is 0 Å². The lowest BCUT2D eigenvalue weighted by molar-refractivity contribution is 0.0431. The molecule has 4 nitrogen and oxygen atoms in total. The van der Waals surface area contributed by atoms with Gasteiger partial charge < -0.3 is 4.98 Å². The third-order valence-electron chi connectivity index (χ3n) is 3.40. The smallest absolute Gasteiger partial charge is 0.103 e. The lowest BCUT2D eigenvalue weighted by atomic mass is 10.00. The van der Waals surface area contributed by atoms with Gasteiger partial charge in [0, 0.05) is 18.3 Å². The summed E-state index contributed by atoms with van der Waals surface area (Å²) in [6.07, 6.45) is 5.84. The highest BCUT2D eigenvalue weighted by molar-refractivity contribution is 4.99. The molecule has 0 bridgehead atoms. The SMILES string of the molecule is Cc1ncc(CNN2C(C)CCCC2C)[nH]1. The Morgan fingerprint density at radius 3 is 2.69 bits per heavy atom. The normalized spacial score (nSPS) is 27.2. The summed E-state index contributed by atoms with van der Waals surface area (Å²) in [6.45, 7) is 7.41. The van der Waals surface area contributed by atoms with Gasteiger partial charge in [-0.25, -0.2) is 15.4 Å². The van der Waals surface area contributed by atoms with Gasteiger partial charge in [-0.1, -0.05) is 6.42 Å². The predicted molar refractivity (Wildman–Crippen MR) is 64.8 cm³/mol. The van der Waals surface area contributed by atoms with E-state index in [4.69, 9.17) is 0 Å². The molecule has 0 amide bonds. The van der Waals surface area contributed by atoms with Crippen molar-refractivity contribution in [2.24, 2.45) is 0 Å². The minimum absolute atomic E-state index is 0.632. The number of nitrogens with zero attached hydrogens (tertiary/aromatic N) is 2. The molecule has 1 fully saturated rings. The zero-order chi connectivity index (χ0) is 11.5. The molecule has 16 heavy (non-hydrogen) atoms. The first-order valence-corrected chi connectivity index (χ1v) is 6.19. The van der Waals surface area contributed by atoms with Crippen molar-refractivity contribution >= 4 is 0 Å². The van der Waals surface area contributed by atoms with Crippen LogP contribution in [0.2, 0.25) is 0 Å².